The van der Waals surface area contributed by atoms with E-state index in [0.717, 1.165) is 0 Å². The molecule has 55 valence electrons. The zero-order valence-corrected chi connectivity index (χ0v) is 6.13. The van der Waals surface area contributed by atoms with E-state index in [1.54, 1.807) is 6.29 Å². The van der Waals surface area contributed by atoms with Crippen LogP contribution in [-0.4, -0.2) is 18.4 Å². The molecule has 0 aliphatic heterocycles. The molecule has 3 heteroatoms. The van der Waals surface area contributed by atoms with Crippen molar-refractivity contribution in [3.8, 4) is 0 Å². The third-order valence-electron chi connectivity index (χ3n) is 1.04. The fourth-order valence-electron chi connectivity index (χ4n) is 0.637. The maximum atomic E-state index is 10.0. The highest BCUT2D eigenvalue weighted by Gasteiger charge is 2.07. The molecule has 1 radical (unpaired) electrons. The molecule has 0 heterocycles. The number of hydrogen-bond acceptors (Lipinski definition) is 3. The Bertz CT molecular complexity index is 148. The summed E-state index contributed by atoms with van der Waals surface area (Å²) < 4.78 is 0. The minimum absolute atomic E-state index is 0.351. The molecular weight excluding hydrogens is 130 g/mol. The lowest BCUT2D eigenvalue weighted by Gasteiger charge is -2.03. The SMILES string of the molecule is CC(C)C[C@@H]([C]=O)N=C=O. The summed E-state index contributed by atoms with van der Waals surface area (Å²) in [4.78, 5) is 23.0. The number of aliphatic imine (C=N–C) groups is 1. The first-order chi connectivity index (χ1) is 4.70. The zero-order valence-electron chi connectivity index (χ0n) is 6.13. The Hall–Kier alpha value is -0.950. The van der Waals surface area contributed by atoms with Crippen molar-refractivity contribution in [2.75, 3.05) is 0 Å². The Morgan fingerprint density at radius 1 is 1.40 bits per heavy atom. The monoisotopic (exact) mass is 140 g/mol. The molecule has 0 saturated carbocycles. The second kappa shape index (κ2) is 4.89. The normalized spacial score (nSPS) is 12.3. The number of carbonyl (C=O) groups excluding carboxylic acids is 2. The minimum Gasteiger partial charge on any atom is -0.288 e. The maximum Gasteiger partial charge on any atom is 0.235 e. The Kier molecular flexibility index (Phi) is 4.42. The predicted molar refractivity (Wildman–Crippen MR) is 37.1 cm³/mol. The largest absolute Gasteiger partial charge is 0.288 e. The Morgan fingerprint density at radius 3 is 2.30 bits per heavy atom. The summed E-state index contributed by atoms with van der Waals surface area (Å²) in [6.07, 6.45) is 3.56. The van der Waals surface area contributed by atoms with E-state index in [2.05, 4.69) is 4.99 Å². The van der Waals surface area contributed by atoms with Crippen molar-refractivity contribution in [1.82, 2.24) is 0 Å². The van der Waals surface area contributed by atoms with E-state index in [4.69, 9.17) is 0 Å². The van der Waals surface area contributed by atoms with E-state index in [-0.39, 0.29) is 0 Å². The van der Waals surface area contributed by atoms with Crippen molar-refractivity contribution in [2.24, 2.45) is 10.9 Å². The van der Waals surface area contributed by atoms with E-state index < -0.39 is 6.04 Å². The zero-order chi connectivity index (χ0) is 7.98. The van der Waals surface area contributed by atoms with Crippen molar-refractivity contribution in [1.29, 1.82) is 0 Å². The van der Waals surface area contributed by atoms with E-state index >= 15 is 0 Å². The van der Waals surface area contributed by atoms with Crippen LogP contribution < -0.4 is 0 Å². The van der Waals surface area contributed by atoms with Gasteiger partial charge in [-0.25, -0.2) is 4.79 Å². The van der Waals surface area contributed by atoms with E-state index in [0.29, 0.717) is 12.3 Å². The highest BCUT2D eigenvalue weighted by atomic mass is 16.1. The van der Waals surface area contributed by atoms with Crippen LogP contribution in [0.25, 0.3) is 0 Å². The molecule has 0 aromatic heterocycles. The third kappa shape index (κ3) is 3.98. The molecule has 0 bridgehead atoms. The summed E-state index contributed by atoms with van der Waals surface area (Å²) in [5.41, 5.74) is 0. The van der Waals surface area contributed by atoms with Gasteiger partial charge in [0.25, 0.3) is 0 Å². The molecule has 0 aromatic rings. The number of isocyanates is 1. The standard InChI is InChI=1S/C7H10NO2/c1-6(2)3-7(4-9)8-5-10/h6-7H,3H2,1-2H3/t7-/m0/s1. The van der Waals surface area contributed by atoms with E-state index in [1.807, 2.05) is 13.8 Å². The van der Waals surface area contributed by atoms with Gasteiger partial charge in [-0.1, -0.05) is 13.8 Å². The summed E-state index contributed by atoms with van der Waals surface area (Å²) in [6, 6.07) is -0.613. The summed E-state index contributed by atoms with van der Waals surface area (Å²) in [6.45, 7) is 3.90. The Morgan fingerprint density at radius 2 is 2.00 bits per heavy atom. The number of hydrogen-bond donors (Lipinski definition) is 0. The highest BCUT2D eigenvalue weighted by Crippen LogP contribution is 2.04. The number of nitrogens with zero attached hydrogens (tertiary/aromatic N) is 1. The van der Waals surface area contributed by atoms with Gasteiger partial charge in [-0.3, -0.25) is 4.79 Å². The fourth-order valence-corrected chi connectivity index (χ4v) is 0.637. The van der Waals surface area contributed by atoms with Gasteiger partial charge in [-0.05, 0) is 12.3 Å². The van der Waals surface area contributed by atoms with E-state index in [1.165, 1.54) is 6.08 Å². The summed E-state index contributed by atoms with van der Waals surface area (Å²) >= 11 is 0. The van der Waals surface area contributed by atoms with Crippen LogP contribution in [0.4, 0.5) is 0 Å². The van der Waals surface area contributed by atoms with Crippen molar-refractivity contribution in [3.63, 3.8) is 0 Å². The number of rotatable bonds is 4. The molecule has 3 nitrogen and oxygen atoms in total. The molecule has 0 N–H and O–H groups in total. The topological polar surface area (TPSA) is 46.5 Å². The summed E-state index contributed by atoms with van der Waals surface area (Å²) in [5, 5.41) is 0. The highest BCUT2D eigenvalue weighted by molar-refractivity contribution is 5.60. The second-order valence-electron chi connectivity index (χ2n) is 2.48. The smallest absolute Gasteiger partial charge is 0.235 e. The molecule has 0 aliphatic rings. The molecule has 0 unspecified atom stereocenters. The summed E-state index contributed by atoms with van der Waals surface area (Å²) in [7, 11) is 0. The lowest BCUT2D eigenvalue weighted by Crippen LogP contribution is -2.08. The Labute approximate surface area is 60.1 Å². The van der Waals surface area contributed by atoms with Gasteiger partial charge in [0.2, 0.25) is 12.4 Å². The second-order valence-corrected chi connectivity index (χ2v) is 2.48. The van der Waals surface area contributed by atoms with Crippen LogP contribution in [0, 0.1) is 5.92 Å². The van der Waals surface area contributed by atoms with Crippen molar-refractivity contribution in [3.05, 3.63) is 0 Å². The van der Waals surface area contributed by atoms with Gasteiger partial charge in [0.05, 0.1) is 0 Å². The van der Waals surface area contributed by atoms with Gasteiger partial charge < -0.3 is 0 Å². The summed E-state index contributed by atoms with van der Waals surface area (Å²) in [5.74, 6) is 0.351. The molecule has 0 spiro atoms. The van der Waals surface area contributed by atoms with Crippen LogP contribution in [0.1, 0.15) is 20.3 Å². The molecule has 0 aromatic carbocycles. The van der Waals surface area contributed by atoms with Crippen LogP contribution in [0.15, 0.2) is 4.99 Å². The van der Waals surface area contributed by atoms with Crippen LogP contribution >= 0.6 is 0 Å². The first kappa shape index (κ1) is 9.05. The average Bonchev–Trinajstić information content (AvgIpc) is 1.86. The lowest BCUT2D eigenvalue weighted by molar-refractivity contribution is 0.501. The van der Waals surface area contributed by atoms with Gasteiger partial charge in [0.1, 0.15) is 6.04 Å². The predicted octanol–water partition coefficient (Wildman–Crippen LogP) is 0.847. The average molecular weight is 140 g/mol. The van der Waals surface area contributed by atoms with Gasteiger partial charge in [-0.2, -0.15) is 4.99 Å². The first-order valence-corrected chi connectivity index (χ1v) is 3.15. The van der Waals surface area contributed by atoms with Gasteiger partial charge >= 0.3 is 0 Å². The van der Waals surface area contributed by atoms with Crippen molar-refractivity contribution < 1.29 is 9.59 Å². The van der Waals surface area contributed by atoms with E-state index in [9.17, 15) is 9.59 Å². The Balaban J connectivity index is 3.82. The third-order valence-corrected chi connectivity index (χ3v) is 1.04. The van der Waals surface area contributed by atoms with Crippen LogP contribution in [-0.2, 0) is 9.59 Å². The van der Waals surface area contributed by atoms with Gasteiger partial charge in [-0.15, -0.1) is 0 Å². The molecule has 0 aliphatic carbocycles. The molecule has 0 rings (SSSR count). The van der Waals surface area contributed by atoms with Gasteiger partial charge in [0.15, 0.2) is 0 Å². The quantitative estimate of drug-likeness (QED) is 0.429. The fraction of sp³-hybridized carbons (Fsp3) is 0.714. The van der Waals surface area contributed by atoms with Crippen LogP contribution in [0.2, 0.25) is 0 Å². The van der Waals surface area contributed by atoms with Crippen LogP contribution in [0.5, 0.6) is 0 Å². The van der Waals surface area contributed by atoms with Crippen LogP contribution in [0.3, 0.4) is 0 Å². The lowest BCUT2D eigenvalue weighted by atomic mass is 10.1. The van der Waals surface area contributed by atoms with Crippen molar-refractivity contribution >= 4 is 12.4 Å². The molecule has 10 heavy (non-hydrogen) atoms. The minimum atomic E-state index is -0.613. The molecule has 0 fully saturated rings. The molecular formula is C7H10NO2. The van der Waals surface area contributed by atoms with Crippen molar-refractivity contribution in [2.45, 2.75) is 26.3 Å². The molecule has 0 amide bonds. The van der Waals surface area contributed by atoms with Gasteiger partial charge in [0, 0.05) is 0 Å². The molecule has 1 atom stereocenters. The molecule has 0 saturated heterocycles. The maximum absolute atomic E-state index is 10.0. The first-order valence-electron chi connectivity index (χ1n) is 3.15.